The van der Waals surface area contributed by atoms with Crippen LogP contribution in [0.25, 0.3) is 0 Å². The molecule has 1 aliphatic heterocycles. The zero-order valence-corrected chi connectivity index (χ0v) is 12.8. The van der Waals surface area contributed by atoms with Gasteiger partial charge < -0.3 is 9.47 Å². The van der Waals surface area contributed by atoms with Gasteiger partial charge in [0.25, 0.3) is 0 Å². The van der Waals surface area contributed by atoms with E-state index in [1.54, 1.807) is 0 Å². The highest BCUT2D eigenvalue weighted by atomic mass is 79.9. The van der Waals surface area contributed by atoms with Gasteiger partial charge in [-0.2, -0.15) is 0 Å². The van der Waals surface area contributed by atoms with E-state index in [-0.39, 0.29) is 0 Å². The van der Waals surface area contributed by atoms with Crippen molar-refractivity contribution in [3.05, 3.63) is 82.2 Å². The molecule has 0 radical (unpaired) electrons. The number of benzene rings is 2. The lowest BCUT2D eigenvalue weighted by atomic mass is 9.91. The fraction of sp³-hybridized carbons (Fsp3) is 0.111. The van der Waals surface area contributed by atoms with Crippen molar-refractivity contribution >= 4 is 15.9 Å². The number of rotatable bonds is 1. The summed E-state index contributed by atoms with van der Waals surface area (Å²) in [6.45, 7) is 0. The first kappa shape index (κ1) is 12.7. The van der Waals surface area contributed by atoms with Crippen molar-refractivity contribution in [1.82, 2.24) is 0 Å². The Labute approximate surface area is 131 Å². The van der Waals surface area contributed by atoms with E-state index in [2.05, 4.69) is 46.3 Å². The Kier molecular flexibility index (Phi) is 3.08. The minimum atomic E-state index is 0.325. The minimum absolute atomic E-state index is 0.325. The maximum absolute atomic E-state index is 6.01. The Morgan fingerprint density at radius 3 is 2.38 bits per heavy atom. The molecule has 0 bridgehead atoms. The number of fused-ring (bicyclic) bond motifs is 1. The number of hydrogen-bond acceptors (Lipinski definition) is 2. The van der Waals surface area contributed by atoms with Crippen molar-refractivity contribution in [2.45, 2.75) is 12.3 Å². The summed E-state index contributed by atoms with van der Waals surface area (Å²) in [4.78, 5) is 0. The van der Waals surface area contributed by atoms with Crippen molar-refractivity contribution in [3.63, 3.8) is 0 Å². The first-order valence-electron chi connectivity index (χ1n) is 6.91. The van der Waals surface area contributed by atoms with Gasteiger partial charge >= 0.3 is 0 Å². The molecule has 0 saturated carbocycles. The highest BCUT2D eigenvalue weighted by Crippen LogP contribution is 2.40. The summed E-state index contributed by atoms with van der Waals surface area (Å²) in [5.74, 6) is 3.63. The Balaban J connectivity index is 1.61. The quantitative estimate of drug-likeness (QED) is 0.712. The van der Waals surface area contributed by atoms with Gasteiger partial charge in [0.05, 0.1) is 0 Å². The molecule has 2 aromatic carbocycles. The molecule has 2 aromatic rings. The number of ether oxygens (including phenoxy) is 2. The van der Waals surface area contributed by atoms with E-state index in [4.69, 9.17) is 9.47 Å². The third-order valence-corrected chi connectivity index (χ3v) is 4.29. The highest BCUT2D eigenvalue weighted by Gasteiger charge is 2.26. The maximum Gasteiger partial charge on any atom is 0.170 e. The molecule has 2 aliphatic rings. The third-order valence-electron chi connectivity index (χ3n) is 3.76. The van der Waals surface area contributed by atoms with Crippen LogP contribution in [0.5, 0.6) is 11.5 Å². The number of halogens is 1. The largest absolute Gasteiger partial charge is 0.454 e. The standard InChI is InChI=1S/C18H13BrO2/c19-14-8-5-12(6-9-14)13-7-10-17-18(11-13)21-16-4-2-1-3-15(16)20-17/h1-10,13H,11H2. The average Bonchev–Trinajstić information content (AvgIpc) is 2.53. The fourth-order valence-corrected chi connectivity index (χ4v) is 2.92. The van der Waals surface area contributed by atoms with E-state index in [9.17, 15) is 0 Å². The van der Waals surface area contributed by atoms with Gasteiger partial charge in [0.2, 0.25) is 0 Å². The Hall–Kier alpha value is -2.00. The predicted octanol–water partition coefficient (Wildman–Crippen LogP) is 5.18. The molecule has 0 saturated heterocycles. The molecule has 0 aromatic heterocycles. The summed E-state index contributed by atoms with van der Waals surface area (Å²) >= 11 is 3.47. The molecule has 0 fully saturated rings. The lowest BCUT2D eigenvalue weighted by molar-refractivity contribution is 0.286. The summed E-state index contributed by atoms with van der Waals surface area (Å²) in [5, 5.41) is 0. The molecular formula is C18H13BrO2. The molecule has 1 unspecified atom stereocenters. The number of para-hydroxylation sites is 2. The van der Waals surface area contributed by atoms with Gasteiger partial charge in [-0.15, -0.1) is 0 Å². The zero-order chi connectivity index (χ0) is 14.2. The van der Waals surface area contributed by atoms with Gasteiger partial charge in [-0.1, -0.05) is 46.3 Å². The van der Waals surface area contributed by atoms with Crippen LogP contribution >= 0.6 is 15.9 Å². The van der Waals surface area contributed by atoms with E-state index < -0.39 is 0 Å². The van der Waals surface area contributed by atoms with E-state index in [1.807, 2.05) is 30.3 Å². The van der Waals surface area contributed by atoms with E-state index in [1.165, 1.54) is 5.56 Å². The van der Waals surface area contributed by atoms with Crippen molar-refractivity contribution in [3.8, 4) is 11.5 Å². The van der Waals surface area contributed by atoms with Crippen LogP contribution in [0.1, 0.15) is 17.9 Å². The molecule has 3 heteroatoms. The molecular weight excluding hydrogens is 328 g/mol. The summed E-state index contributed by atoms with van der Waals surface area (Å²) in [7, 11) is 0. The van der Waals surface area contributed by atoms with Gasteiger partial charge in [-0.25, -0.2) is 0 Å². The van der Waals surface area contributed by atoms with Crippen LogP contribution in [0.2, 0.25) is 0 Å². The summed E-state index contributed by atoms with van der Waals surface area (Å²) in [5.41, 5.74) is 1.28. The second-order valence-electron chi connectivity index (χ2n) is 5.16. The smallest absolute Gasteiger partial charge is 0.170 e. The van der Waals surface area contributed by atoms with E-state index >= 15 is 0 Å². The second-order valence-corrected chi connectivity index (χ2v) is 6.08. The molecule has 1 aliphatic carbocycles. The van der Waals surface area contributed by atoms with Crippen molar-refractivity contribution in [1.29, 1.82) is 0 Å². The van der Waals surface area contributed by atoms with Crippen molar-refractivity contribution in [2.75, 3.05) is 0 Å². The van der Waals surface area contributed by atoms with Gasteiger partial charge in [0.15, 0.2) is 17.3 Å². The first-order chi connectivity index (χ1) is 10.3. The van der Waals surface area contributed by atoms with Crippen LogP contribution in [0.3, 0.4) is 0 Å². The van der Waals surface area contributed by atoms with Gasteiger partial charge in [0, 0.05) is 16.8 Å². The lowest BCUT2D eigenvalue weighted by Crippen LogP contribution is -2.16. The Morgan fingerprint density at radius 2 is 1.62 bits per heavy atom. The van der Waals surface area contributed by atoms with Crippen molar-refractivity contribution < 1.29 is 9.47 Å². The number of hydrogen-bond donors (Lipinski definition) is 0. The molecule has 1 heterocycles. The summed E-state index contributed by atoms with van der Waals surface area (Å²) < 4.78 is 13.0. The Bertz CT molecular complexity index is 744. The van der Waals surface area contributed by atoms with Crippen LogP contribution in [-0.4, -0.2) is 0 Å². The van der Waals surface area contributed by atoms with Gasteiger partial charge in [0.1, 0.15) is 5.76 Å². The molecule has 104 valence electrons. The normalized spacial score (nSPS) is 19.4. The van der Waals surface area contributed by atoms with Crippen LogP contribution in [-0.2, 0) is 0 Å². The summed E-state index contributed by atoms with van der Waals surface area (Å²) in [6, 6.07) is 16.2. The molecule has 21 heavy (non-hydrogen) atoms. The summed E-state index contributed by atoms with van der Waals surface area (Å²) in [6.07, 6.45) is 5.02. The average molecular weight is 341 g/mol. The van der Waals surface area contributed by atoms with E-state index in [0.29, 0.717) is 5.92 Å². The SMILES string of the molecule is Brc1ccc(C2C=CC3=C(C2)Oc2ccccc2O3)cc1. The van der Waals surface area contributed by atoms with Crippen LogP contribution in [0, 0.1) is 0 Å². The second kappa shape index (κ2) is 5.08. The molecule has 0 spiro atoms. The van der Waals surface area contributed by atoms with Crippen LogP contribution in [0.15, 0.2) is 76.7 Å². The molecule has 1 atom stereocenters. The zero-order valence-electron chi connectivity index (χ0n) is 11.3. The topological polar surface area (TPSA) is 18.5 Å². The van der Waals surface area contributed by atoms with Crippen molar-refractivity contribution in [2.24, 2.45) is 0 Å². The fourth-order valence-electron chi connectivity index (χ4n) is 2.66. The van der Waals surface area contributed by atoms with Crippen LogP contribution < -0.4 is 9.47 Å². The van der Waals surface area contributed by atoms with E-state index in [0.717, 1.165) is 33.9 Å². The van der Waals surface area contributed by atoms with Gasteiger partial charge in [-0.3, -0.25) is 0 Å². The third kappa shape index (κ3) is 2.38. The Morgan fingerprint density at radius 1 is 0.905 bits per heavy atom. The monoisotopic (exact) mass is 340 g/mol. The maximum atomic E-state index is 6.01. The molecule has 4 rings (SSSR count). The molecule has 2 nitrogen and oxygen atoms in total. The lowest BCUT2D eigenvalue weighted by Gasteiger charge is -2.27. The first-order valence-corrected chi connectivity index (χ1v) is 7.70. The minimum Gasteiger partial charge on any atom is -0.454 e. The predicted molar refractivity (Wildman–Crippen MR) is 85.4 cm³/mol. The van der Waals surface area contributed by atoms with Gasteiger partial charge in [-0.05, 0) is 35.9 Å². The van der Waals surface area contributed by atoms with Crippen LogP contribution in [0.4, 0.5) is 0 Å². The highest BCUT2D eigenvalue weighted by molar-refractivity contribution is 9.10. The number of allylic oxidation sites excluding steroid dienone is 3. The molecule has 0 N–H and O–H groups in total. The molecule has 0 amide bonds.